The van der Waals surface area contributed by atoms with E-state index in [9.17, 15) is 0 Å². The fourth-order valence-electron chi connectivity index (χ4n) is 0.760. The Morgan fingerprint density at radius 2 is 1.86 bits per heavy atom. The fraction of sp³-hybridized carbons (Fsp3) is 0.333. The molecule has 0 spiro atoms. The Morgan fingerprint density at radius 3 is 2.21 bits per heavy atom. The van der Waals surface area contributed by atoms with Crippen LogP contribution in [0.25, 0.3) is 0 Å². The molecule has 5 heteroatoms. The molecule has 0 atom stereocenters. The zero-order chi connectivity index (χ0) is 9.94. The predicted octanol–water partition coefficient (Wildman–Crippen LogP) is 2.87. The van der Waals surface area contributed by atoms with Crippen LogP contribution < -0.4 is 5.32 Å². The molecule has 0 saturated carbocycles. The number of hydrogen-bond donors (Lipinski definition) is 2. The number of rotatable bonds is 3. The van der Waals surface area contributed by atoms with Crippen molar-refractivity contribution >= 4 is 17.7 Å². The van der Waals surface area contributed by atoms with Gasteiger partial charge in [0.15, 0.2) is 0 Å². The summed E-state index contributed by atoms with van der Waals surface area (Å²) in [5.74, 6) is 0. The second kappa shape index (κ2) is 13.4. The van der Waals surface area contributed by atoms with E-state index in [-0.39, 0.29) is 32.7 Å². The third-order valence-electron chi connectivity index (χ3n) is 1.23. The van der Waals surface area contributed by atoms with Crippen molar-refractivity contribution in [2.24, 2.45) is 0 Å². The second-order valence-electron chi connectivity index (χ2n) is 2.14. The molecule has 77 valence electrons. The number of benzene rings is 1. The van der Waals surface area contributed by atoms with Gasteiger partial charge in [0, 0.05) is 63.2 Å². The monoisotopic (exact) mass is 290 g/mol. The first kappa shape index (κ1) is 16.8. The van der Waals surface area contributed by atoms with E-state index in [4.69, 9.17) is 5.26 Å². The third kappa shape index (κ3) is 10.5. The molecule has 0 bridgehead atoms. The summed E-state index contributed by atoms with van der Waals surface area (Å²) < 4.78 is 3.46. The van der Waals surface area contributed by atoms with Gasteiger partial charge in [0.1, 0.15) is 0 Å². The van der Waals surface area contributed by atoms with Crippen molar-refractivity contribution in [3.05, 3.63) is 30.3 Å². The average Bonchev–Trinajstić information content (AvgIpc) is 2.20. The van der Waals surface area contributed by atoms with Crippen LogP contribution in [-0.4, -0.2) is 18.1 Å². The van der Waals surface area contributed by atoms with Crippen molar-refractivity contribution in [2.45, 2.75) is 6.92 Å². The minimum absolute atomic E-state index is 0. The minimum atomic E-state index is 0. The molecular formula is C9H15NO2SY. The van der Waals surface area contributed by atoms with Crippen LogP contribution in [-0.2, 0) is 37.0 Å². The van der Waals surface area contributed by atoms with Crippen molar-refractivity contribution in [2.75, 3.05) is 18.1 Å². The molecule has 1 radical (unpaired) electrons. The first-order valence-corrected chi connectivity index (χ1v) is 5.13. The average molecular weight is 290 g/mol. The summed E-state index contributed by atoms with van der Waals surface area (Å²) in [6.07, 6.45) is 1.62. The quantitative estimate of drug-likeness (QED) is 0.510. The largest absolute Gasteiger partial charge is 0.385 e. The van der Waals surface area contributed by atoms with Gasteiger partial charge in [-0.15, -0.1) is 0 Å². The summed E-state index contributed by atoms with van der Waals surface area (Å²) in [6, 6.07) is 10.2. The van der Waals surface area contributed by atoms with Crippen LogP contribution in [0.1, 0.15) is 6.92 Å². The maximum absolute atomic E-state index is 7.34. The summed E-state index contributed by atoms with van der Waals surface area (Å²) in [7, 11) is 0. The molecule has 0 unspecified atom stereocenters. The van der Waals surface area contributed by atoms with Crippen molar-refractivity contribution < 1.29 is 42.3 Å². The first-order chi connectivity index (χ1) is 6.35. The van der Waals surface area contributed by atoms with Crippen LogP contribution in [0.2, 0.25) is 0 Å². The van der Waals surface area contributed by atoms with E-state index in [0.29, 0.717) is 0 Å². The molecule has 0 fully saturated rings. The molecule has 1 rings (SSSR count). The molecule has 2 N–H and O–H groups in total. The van der Waals surface area contributed by atoms with Crippen molar-refractivity contribution in [3.8, 4) is 0 Å². The van der Waals surface area contributed by atoms with Gasteiger partial charge in [-0.3, -0.25) is 0 Å². The Bertz CT molecular complexity index is 197. The second-order valence-corrected chi connectivity index (χ2v) is 2.62. The van der Waals surface area contributed by atoms with Gasteiger partial charge in [-0.1, -0.05) is 18.2 Å². The summed E-state index contributed by atoms with van der Waals surface area (Å²) in [6.45, 7) is 3.08. The zero-order valence-corrected chi connectivity index (χ0v) is 12.1. The van der Waals surface area contributed by atoms with Crippen LogP contribution in [0, 0.1) is 0 Å². The Labute approximate surface area is 115 Å². The third-order valence-corrected chi connectivity index (χ3v) is 1.38. The van der Waals surface area contributed by atoms with Crippen LogP contribution in [0.15, 0.2) is 30.3 Å². The molecule has 0 aliphatic heterocycles. The van der Waals surface area contributed by atoms with E-state index in [1.807, 2.05) is 18.2 Å². The maximum Gasteiger partial charge on any atom is 0.0340 e. The van der Waals surface area contributed by atoms with E-state index in [0.717, 1.165) is 18.6 Å². The number of nitrogens with one attached hydrogen (secondary N) is 1. The van der Waals surface area contributed by atoms with Crippen molar-refractivity contribution in [3.63, 3.8) is 0 Å². The summed E-state index contributed by atoms with van der Waals surface area (Å²) in [4.78, 5) is 0. The molecule has 14 heavy (non-hydrogen) atoms. The van der Waals surface area contributed by atoms with E-state index >= 15 is 0 Å². The van der Waals surface area contributed by atoms with Gasteiger partial charge in [0.2, 0.25) is 0 Å². The Balaban J connectivity index is 0. The first-order valence-electron chi connectivity index (χ1n) is 3.98. The molecule has 1 aromatic carbocycles. The SMILES string of the molecule is CCNc1ccccc1.CSOO.[Y]. The Hall–Kier alpha value is 0.394. The fourth-order valence-corrected chi connectivity index (χ4v) is 0.760. The van der Waals surface area contributed by atoms with Gasteiger partial charge in [0.25, 0.3) is 0 Å². The van der Waals surface area contributed by atoms with Crippen molar-refractivity contribution in [1.82, 2.24) is 0 Å². The predicted molar refractivity (Wildman–Crippen MR) is 57.8 cm³/mol. The van der Waals surface area contributed by atoms with Crippen LogP contribution >= 0.6 is 12.0 Å². The molecular weight excluding hydrogens is 275 g/mol. The summed E-state index contributed by atoms with van der Waals surface area (Å²) >= 11 is 0.912. The standard InChI is InChI=1S/C8H11N.CH4O2S.Y/c1-2-9-8-6-4-3-5-7-8;1-4-3-2;/h3-7,9H,2H2,1H3;2H,1H3;. The molecule has 0 aromatic heterocycles. The molecule has 0 heterocycles. The van der Waals surface area contributed by atoms with Gasteiger partial charge in [-0.2, -0.15) is 4.33 Å². The van der Waals surface area contributed by atoms with Gasteiger partial charge in [-0.05, 0) is 19.1 Å². The molecule has 0 amide bonds. The minimum Gasteiger partial charge on any atom is -0.385 e. The molecule has 0 aliphatic rings. The number of anilines is 1. The van der Waals surface area contributed by atoms with E-state index in [2.05, 4.69) is 28.7 Å². The van der Waals surface area contributed by atoms with E-state index in [1.165, 1.54) is 5.69 Å². The number of hydrogen-bond acceptors (Lipinski definition) is 4. The summed E-state index contributed by atoms with van der Waals surface area (Å²) in [5, 5.41) is 10.5. The normalized spacial score (nSPS) is 7.93. The zero-order valence-electron chi connectivity index (χ0n) is 8.43. The molecule has 3 nitrogen and oxygen atoms in total. The molecule has 1 aromatic rings. The summed E-state index contributed by atoms with van der Waals surface area (Å²) in [5.41, 5.74) is 1.19. The van der Waals surface area contributed by atoms with Gasteiger partial charge in [-0.25, -0.2) is 5.26 Å². The van der Waals surface area contributed by atoms with Gasteiger partial charge in [0.05, 0.1) is 0 Å². The van der Waals surface area contributed by atoms with Gasteiger partial charge >= 0.3 is 0 Å². The Morgan fingerprint density at radius 1 is 1.36 bits per heavy atom. The smallest absolute Gasteiger partial charge is 0.0340 e. The van der Waals surface area contributed by atoms with Crippen LogP contribution in [0.3, 0.4) is 0 Å². The van der Waals surface area contributed by atoms with Crippen molar-refractivity contribution in [1.29, 1.82) is 0 Å². The van der Waals surface area contributed by atoms with E-state index in [1.54, 1.807) is 6.26 Å². The molecule has 0 aliphatic carbocycles. The number of para-hydroxylation sites is 1. The Kier molecular flexibility index (Phi) is 16.1. The van der Waals surface area contributed by atoms with Crippen LogP contribution in [0.4, 0.5) is 5.69 Å². The van der Waals surface area contributed by atoms with E-state index < -0.39 is 0 Å². The van der Waals surface area contributed by atoms with Gasteiger partial charge < -0.3 is 5.32 Å². The maximum atomic E-state index is 7.34. The molecule has 0 saturated heterocycles. The topological polar surface area (TPSA) is 41.5 Å². The van der Waals surface area contributed by atoms with Crippen LogP contribution in [0.5, 0.6) is 0 Å².